The molecule has 7 heteroatoms. The first-order valence-corrected chi connectivity index (χ1v) is 10.1. The first-order chi connectivity index (χ1) is 14.0. The lowest BCUT2D eigenvalue weighted by Gasteiger charge is -2.32. The molecular formula is C22H25F2N3O2. The monoisotopic (exact) mass is 401 g/mol. The van der Waals surface area contributed by atoms with Crippen LogP contribution in [0.2, 0.25) is 0 Å². The molecule has 2 aromatic rings. The summed E-state index contributed by atoms with van der Waals surface area (Å²) in [5, 5.41) is 0. The molecule has 154 valence electrons. The SMILES string of the molecule is CN1CCC(c2cccc(C(=O)N3CCC(Oc4cc(F)ccc4F)CC3)n2)C1. The number of benzene rings is 1. The van der Waals surface area contributed by atoms with E-state index in [0.717, 1.165) is 43.4 Å². The molecule has 5 nitrogen and oxygen atoms in total. The highest BCUT2D eigenvalue weighted by Crippen LogP contribution is 2.26. The number of hydrogen-bond acceptors (Lipinski definition) is 4. The van der Waals surface area contributed by atoms with Crippen molar-refractivity contribution >= 4 is 5.91 Å². The van der Waals surface area contributed by atoms with Gasteiger partial charge in [-0.1, -0.05) is 6.07 Å². The Kier molecular flexibility index (Phi) is 5.76. The van der Waals surface area contributed by atoms with E-state index in [9.17, 15) is 13.6 Å². The molecule has 29 heavy (non-hydrogen) atoms. The standard InChI is InChI=1S/C22H25F2N3O2/c1-26-10-7-15(14-26)19-3-2-4-20(25-19)22(28)27-11-8-17(9-12-27)29-21-13-16(23)5-6-18(21)24/h2-6,13,15,17H,7-12,14H2,1H3. The summed E-state index contributed by atoms with van der Waals surface area (Å²) in [7, 11) is 2.09. The Balaban J connectivity index is 1.36. The Labute approximate surface area is 169 Å². The number of ether oxygens (including phenoxy) is 1. The molecule has 0 aliphatic carbocycles. The Morgan fingerprint density at radius 3 is 2.62 bits per heavy atom. The smallest absolute Gasteiger partial charge is 0.272 e. The van der Waals surface area contributed by atoms with E-state index in [1.807, 2.05) is 12.1 Å². The van der Waals surface area contributed by atoms with Crippen LogP contribution in [0.15, 0.2) is 36.4 Å². The lowest BCUT2D eigenvalue weighted by atomic mass is 10.0. The first-order valence-electron chi connectivity index (χ1n) is 10.1. The molecule has 1 amide bonds. The van der Waals surface area contributed by atoms with Crippen LogP contribution in [0.3, 0.4) is 0 Å². The topological polar surface area (TPSA) is 45.7 Å². The van der Waals surface area contributed by atoms with E-state index in [0.29, 0.717) is 37.5 Å². The van der Waals surface area contributed by atoms with Gasteiger partial charge in [-0.3, -0.25) is 4.79 Å². The minimum Gasteiger partial charge on any atom is -0.487 e. The number of rotatable bonds is 4. The van der Waals surface area contributed by atoms with E-state index >= 15 is 0 Å². The maximum Gasteiger partial charge on any atom is 0.272 e. The van der Waals surface area contributed by atoms with Crippen molar-refractivity contribution in [1.29, 1.82) is 0 Å². The molecule has 2 aliphatic rings. The summed E-state index contributed by atoms with van der Waals surface area (Å²) >= 11 is 0. The van der Waals surface area contributed by atoms with Gasteiger partial charge in [-0.05, 0) is 44.3 Å². The molecule has 0 spiro atoms. The Morgan fingerprint density at radius 2 is 1.90 bits per heavy atom. The predicted octanol–water partition coefficient (Wildman–Crippen LogP) is 3.46. The van der Waals surface area contributed by atoms with Gasteiger partial charge in [0.15, 0.2) is 11.6 Å². The fourth-order valence-corrected chi connectivity index (χ4v) is 4.06. The van der Waals surface area contributed by atoms with Gasteiger partial charge in [0.05, 0.1) is 0 Å². The average molecular weight is 401 g/mol. The van der Waals surface area contributed by atoms with Crippen LogP contribution < -0.4 is 4.74 Å². The van der Waals surface area contributed by atoms with Crippen LogP contribution in [0, 0.1) is 11.6 Å². The van der Waals surface area contributed by atoms with Gasteiger partial charge >= 0.3 is 0 Å². The number of halogens is 2. The summed E-state index contributed by atoms with van der Waals surface area (Å²) in [6, 6.07) is 8.83. The molecule has 3 heterocycles. The first kappa shape index (κ1) is 19.8. The average Bonchev–Trinajstić information content (AvgIpc) is 3.17. The molecular weight excluding hydrogens is 376 g/mol. The van der Waals surface area contributed by atoms with Crippen molar-refractivity contribution in [1.82, 2.24) is 14.8 Å². The molecule has 1 aromatic carbocycles. The third-order valence-corrected chi connectivity index (χ3v) is 5.72. The number of amides is 1. The van der Waals surface area contributed by atoms with E-state index < -0.39 is 11.6 Å². The highest BCUT2D eigenvalue weighted by molar-refractivity contribution is 5.92. The number of hydrogen-bond donors (Lipinski definition) is 0. The van der Waals surface area contributed by atoms with E-state index in [4.69, 9.17) is 4.74 Å². The predicted molar refractivity (Wildman–Crippen MR) is 105 cm³/mol. The molecule has 1 aromatic heterocycles. The molecule has 4 rings (SSSR count). The molecule has 1 unspecified atom stereocenters. The quantitative estimate of drug-likeness (QED) is 0.787. The van der Waals surface area contributed by atoms with Gasteiger partial charge in [0.25, 0.3) is 5.91 Å². The van der Waals surface area contributed by atoms with Gasteiger partial charge in [-0.2, -0.15) is 0 Å². The number of aromatic nitrogens is 1. The van der Waals surface area contributed by atoms with Crippen LogP contribution in [-0.2, 0) is 0 Å². The minimum absolute atomic E-state index is 0.0781. The van der Waals surface area contributed by atoms with Crippen molar-refractivity contribution in [3.63, 3.8) is 0 Å². The molecule has 0 N–H and O–H groups in total. The third-order valence-electron chi connectivity index (χ3n) is 5.72. The van der Waals surface area contributed by atoms with Crippen LogP contribution in [0.4, 0.5) is 8.78 Å². The molecule has 0 radical (unpaired) electrons. The Morgan fingerprint density at radius 1 is 1.10 bits per heavy atom. The zero-order valence-corrected chi connectivity index (χ0v) is 16.5. The molecule has 2 aliphatic heterocycles. The summed E-state index contributed by atoms with van der Waals surface area (Å²) in [6.45, 7) is 3.00. The number of likely N-dealkylation sites (N-methyl/N-ethyl adjacent to an activating group) is 1. The van der Waals surface area contributed by atoms with E-state index in [-0.39, 0.29) is 17.8 Å². The zero-order valence-electron chi connectivity index (χ0n) is 16.5. The van der Waals surface area contributed by atoms with Crippen molar-refractivity contribution < 1.29 is 18.3 Å². The second-order valence-corrected chi connectivity index (χ2v) is 7.88. The fraction of sp³-hybridized carbons (Fsp3) is 0.455. The summed E-state index contributed by atoms with van der Waals surface area (Å²) in [5.41, 5.74) is 1.44. The highest BCUT2D eigenvalue weighted by atomic mass is 19.1. The second-order valence-electron chi connectivity index (χ2n) is 7.88. The number of nitrogens with zero attached hydrogens (tertiary/aromatic N) is 3. The summed E-state index contributed by atoms with van der Waals surface area (Å²) in [4.78, 5) is 21.6. The fourth-order valence-electron chi connectivity index (χ4n) is 4.06. The van der Waals surface area contributed by atoms with Crippen LogP contribution in [0.25, 0.3) is 0 Å². The summed E-state index contributed by atoms with van der Waals surface area (Å²) < 4.78 is 32.7. The lowest BCUT2D eigenvalue weighted by Crippen LogP contribution is -2.42. The zero-order chi connectivity index (χ0) is 20.4. The van der Waals surface area contributed by atoms with Crippen molar-refractivity contribution in [3.05, 3.63) is 59.4 Å². The molecule has 0 bridgehead atoms. The molecule has 0 saturated carbocycles. The van der Waals surface area contributed by atoms with Crippen LogP contribution in [-0.4, -0.2) is 60.0 Å². The van der Waals surface area contributed by atoms with Crippen molar-refractivity contribution in [3.8, 4) is 5.75 Å². The molecule has 1 atom stereocenters. The number of carbonyl (C=O) groups excluding carboxylic acids is 1. The Bertz CT molecular complexity index is 884. The van der Waals surface area contributed by atoms with Crippen LogP contribution in [0.1, 0.15) is 41.4 Å². The summed E-state index contributed by atoms with van der Waals surface area (Å²) in [6.07, 6.45) is 1.94. The van der Waals surface area contributed by atoms with E-state index in [1.54, 1.807) is 11.0 Å². The number of pyridine rings is 1. The molecule has 2 saturated heterocycles. The van der Waals surface area contributed by atoms with Crippen molar-refractivity contribution in [2.45, 2.75) is 31.3 Å². The van der Waals surface area contributed by atoms with Gasteiger partial charge in [0, 0.05) is 50.2 Å². The van der Waals surface area contributed by atoms with E-state index in [1.165, 1.54) is 0 Å². The van der Waals surface area contributed by atoms with Crippen LogP contribution in [0.5, 0.6) is 5.75 Å². The number of piperidine rings is 1. The van der Waals surface area contributed by atoms with Gasteiger partial charge in [-0.15, -0.1) is 0 Å². The summed E-state index contributed by atoms with van der Waals surface area (Å²) in [5.74, 6) is -0.913. The van der Waals surface area contributed by atoms with Gasteiger partial charge in [0.1, 0.15) is 17.6 Å². The van der Waals surface area contributed by atoms with Gasteiger partial charge in [0.2, 0.25) is 0 Å². The third kappa shape index (κ3) is 4.56. The van der Waals surface area contributed by atoms with E-state index in [2.05, 4.69) is 16.9 Å². The number of likely N-dealkylation sites (tertiary alicyclic amines) is 2. The van der Waals surface area contributed by atoms with Gasteiger partial charge < -0.3 is 14.5 Å². The van der Waals surface area contributed by atoms with Crippen molar-refractivity contribution in [2.75, 3.05) is 33.2 Å². The van der Waals surface area contributed by atoms with Crippen LogP contribution >= 0.6 is 0 Å². The lowest BCUT2D eigenvalue weighted by molar-refractivity contribution is 0.0582. The maximum atomic E-state index is 13.8. The van der Waals surface area contributed by atoms with Crippen molar-refractivity contribution in [2.24, 2.45) is 0 Å². The van der Waals surface area contributed by atoms with Gasteiger partial charge in [-0.25, -0.2) is 13.8 Å². The second kappa shape index (κ2) is 8.45. The molecule has 2 fully saturated rings. The minimum atomic E-state index is -0.580. The largest absolute Gasteiger partial charge is 0.487 e. The maximum absolute atomic E-state index is 13.8. The highest BCUT2D eigenvalue weighted by Gasteiger charge is 2.27. The number of carbonyl (C=O) groups is 1. The normalized spacial score (nSPS) is 20.8. The Hall–Kier alpha value is -2.54.